The van der Waals surface area contributed by atoms with Crippen molar-refractivity contribution in [2.45, 2.75) is 31.9 Å². The van der Waals surface area contributed by atoms with Crippen molar-refractivity contribution in [3.05, 3.63) is 58.4 Å². The standard InChI is InChI=1S/C18H18ClFN2O2/c1-18(2)9-14(11-8-10(21)6-7-15(11)24-18)22-17(23)16-12(19)4-3-5-13(16)20/h3-8,14H,9,21H2,1-2H3,(H,22,23). The third-order valence-corrected chi connectivity index (χ3v) is 4.30. The Morgan fingerprint density at radius 2 is 2.12 bits per heavy atom. The number of amides is 1. The molecule has 126 valence electrons. The normalized spacial score (nSPS) is 18.4. The van der Waals surface area contributed by atoms with E-state index in [1.807, 2.05) is 13.8 Å². The summed E-state index contributed by atoms with van der Waals surface area (Å²) in [5, 5.41) is 2.93. The van der Waals surface area contributed by atoms with Crippen molar-refractivity contribution in [2.75, 3.05) is 5.73 Å². The lowest BCUT2D eigenvalue weighted by Crippen LogP contribution is -2.41. The van der Waals surface area contributed by atoms with Gasteiger partial charge >= 0.3 is 0 Å². The van der Waals surface area contributed by atoms with Gasteiger partial charge in [0.15, 0.2) is 0 Å². The van der Waals surface area contributed by atoms with Gasteiger partial charge in [0.2, 0.25) is 0 Å². The smallest absolute Gasteiger partial charge is 0.256 e. The number of nitrogen functional groups attached to an aromatic ring is 1. The number of nitrogens with one attached hydrogen (secondary N) is 1. The van der Waals surface area contributed by atoms with Crippen LogP contribution in [-0.2, 0) is 0 Å². The number of carbonyl (C=O) groups excluding carboxylic acids is 1. The predicted molar refractivity (Wildman–Crippen MR) is 91.8 cm³/mol. The fourth-order valence-electron chi connectivity index (χ4n) is 2.95. The third kappa shape index (κ3) is 3.17. The molecular weight excluding hydrogens is 331 g/mol. The van der Waals surface area contributed by atoms with Crippen LogP contribution in [0.2, 0.25) is 5.02 Å². The summed E-state index contributed by atoms with van der Waals surface area (Å²) in [7, 11) is 0. The molecule has 3 N–H and O–H groups in total. The van der Waals surface area contributed by atoms with Crippen molar-refractivity contribution in [3.63, 3.8) is 0 Å². The van der Waals surface area contributed by atoms with Gasteiger partial charge in [0.25, 0.3) is 5.91 Å². The number of carbonyl (C=O) groups is 1. The zero-order valence-electron chi connectivity index (χ0n) is 13.4. The summed E-state index contributed by atoms with van der Waals surface area (Å²) in [5.74, 6) is -0.557. The van der Waals surface area contributed by atoms with Crippen molar-refractivity contribution < 1.29 is 13.9 Å². The van der Waals surface area contributed by atoms with Gasteiger partial charge in [-0.1, -0.05) is 17.7 Å². The molecule has 0 aliphatic carbocycles. The Balaban J connectivity index is 1.95. The van der Waals surface area contributed by atoms with Crippen molar-refractivity contribution in [3.8, 4) is 5.75 Å². The first kappa shape index (κ1) is 16.6. The lowest BCUT2D eigenvalue weighted by Gasteiger charge is -2.38. The van der Waals surface area contributed by atoms with Gasteiger partial charge in [-0.2, -0.15) is 0 Å². The Bertz CT molecular complexity index is 787. The van der Waals surface area contributed by atoms with E-state index in [-0.39, 0.29) is 16.6 Å². The zero-order chi connectivity index (χ0) is 17.5. The maximum absolute atomic E-state index is 14.0. The second-order valence-electron chi connectivity index (χ2n) is 6.49. The molecule has 1 heterocycles. The van der Waals surface area contributed by atoms with Gasteiger partial charge in [-0.25, -0.2) is 4.39 Å². The molecule has 0 aromatic heterocycles. The number of benzene rings is 2. The first-order valence-electron chi connectivity index (χ1n) is 7.60. The lowest BCUT2D eigenvalue weighted by molar-refractivity contribution is 0.0619. The van der Waals surface area contributed by atoms with Gasteiger partial charge in [0.1, 0.15) is 17.2 Å². The van der Waals surface area contributed by atoms with E-state index in [1.165, 1.54) is 18.2 Å². The van der Waals surface area contributed by atoms with Crippen molar-refractivity contribution >= 4 is 23.2 Å². The molecule has 0 saturated heterocycles. The van der Waals surface area contributed by atoms with Crippen LogP contribution >= 0.6 is 11.6 Å². The molecule has 1 unspecified atom stereocenters. The van der Waals surface area contributed by atoms with Gasteiger partial charge in [-0.3, -0.25) is 4.79 Å². The highest BCUT2D eigenvalue weighted by molar-refractivity contribution is 6.33. The van der Waals surface area contributed by atoms with Crippen LogP contribution in [0.15, 0.2) is 36.4 Å². The highest BCUT2D eigenvalue weighted by Crippen LogP contribution is 2.40. The number of hydrogen-bond donors (Lipinski definition) is 2. The average molecular weight is 349 g/mol. The molecule has 24 heavy (non-hydrogen) atoms. The largest absolute Gasteiger partial charge is 0.487 e. The van der Waals surface area contributed by atoms with Crippen LogP contribution in [0.5, 0.6) is 5.75 Å². The van der Waals surface area contributed by atoms with E-state index in [9.17, 15) is 9.18 Å². The van der Waals surface area contributed by atoms with Gasteiger partial charge in [-0.05, 0) is 44.2 Å². The summed E-state index contributed by atoms with van der Waals surface area (Å²) in [6, 6.07) is 9.09. The maximum atomic E-state index is 14.0. The van der Waals surface area contributed by atoms with E-state index in [0.29, 0.717) is 17.9 Å². The first-order chi connectivity index (χ1) is 11.3. The SMILES string of the molecule is CC1(C)CC(NC(=O)c2c(F)cccc2Cl)c2cc(N)ccc2O1. The number of hydrogen-bond acceptors (Lipinski definition) is 3. The molecule has 1 amide bonds. The Morgan fingerprint density at radius 3 is 2.83 bits per heavy atom. The molecule has 4 nitrogen and oxygen atoms in total. The van der Waals surface area contributed by atoms with Gasteiger partial charge in [0.05, 0.1) is 16.6 Å². The minimum atomic E-state index is -0.654. The number of rotatable bonds is 2. The lowest BCUT2D eigenvalue weighted by atomic mass is 9.89. The van der Waals surface area contributed by atoms with Crippen LogP contribution in [0.25, 0.3) is 0 Å². The molecule has 3 rings (SSSR count). The van der Waals surface area contributed by atoms with E-state index in [0.717, 1.165) is 5.56 Å². The van der Waals surface area contributed by atoms with Crippen LogP contribution in [0.1, 0.15) is 42.2 Å². The second-order valence-corrected chi connectivity index (χ2v) is 6.89. The molecule has 1 aliphatic rings. The van der Waals surface area contributed by atoms with Crippen LogP contribution in [0, 0.1) is 5.82 Å². The quantitative estimate of drug-likeness (QED) is 0.803. The van der Waals surface area contributed by atoms with Crippen molar-refractivity contribution in [1.29, 1.82) is 0 Å². The number of anilines is 1. The van der Waals surface area contributed by atoms with Crippen LogP contribution in [-0.4, -0.2) is 11.5 Å². The molecule has 2 aromatic rings. The molecule has 0 spiro atoms. The minimum absolute atomic E-state index is 0.0756. The van der Waals surface area contributed by atoms with E-state index in [1.54, 1.807) is 18.2 Å². The molecule has 0 bridgehead atoms. The Hall–Kier alpha value is -2.27. The molecule has 0 saturated carbocycles. The van der Waals surface area contributed by atoms with E-state index in [2.05, 4.69) is 5.32 Å². The van der Waals surface area contributed by atoms with Crippen LogP contribution < -0.4 is 15.8 Å². The van der Waals surface area contributed by atoms with Gasteiger partial charge < -0.3 is 15.8 Å². The highest BCUT2D eigenvalue weighted by Gasteiger charge is 2.35. The summed E-state index contributed by atoms with van der Waals surface area (Å²) >= 11 is 5.98. The monoisotopic (exact) mass is 348 g/mol. The first-order valence-corrected chi connectivity index (χ1v) is 7.98. The van der Waals surface area contributed by atoms with E-state index in [4.69, 9.17) is 22.1 Å². The molecule has 2 aromatic carbocycles. The number of ether oxygens (including phenoxy) is 1. The summed E-state index contributed by atoms with van der Waals surface area (Å²) in [4.78, 5) is 12.6. The van der Waals surface area contributed by atoms with Gasteiger partial charge in [0, 0.05) is 17.7 Å². The summed E-state index contributed by atoms with van der Waals surface area (Å²) in [6.45, 7) is 3.86. The average Bonchev–Trinajstić information content (AvgIpc) is 2.47. The summed E-state index contributed by atoms with van der Waals surface area (Å²) < 4.78 is 19.9. The van der Waals surface area contributed by atoms with Crippen LogP contribution in [0.4, 0.5) is 10.1 Å². The predicted octanol–water partition coefficient (Wildman–Crippen LogP) is 4.09. The molecule has 6 heteroatoms. The highest BCUT2D eigenvalue weighted by atomic mass is 35.5. The van der Waals surface area contributed by atoms with E-state index < -0.39 is 17.3 Å². The molecule has 0 radical (unpaired) electrons. The maximum Gasteiger partial charge on any atom is 0.256 e. The van der Waals surface area contributed by atoms with Crippen molar-refractivity contribution in [1.82, 2.24) is 5.32 Å². The number of fused-ring (bicyclic) bond motifs is 1. The fraction of sp³-hybridized carbons (Fsp3) is 0.278. The van der Waals surface area contributed by atoms with Gasteiger partial charge in [-0.15, -0.1) is 0 Å². The zero-order valence-corrected chi connectivity index (χ0v) is 14.2. The van der Waals surface area contributed by atoms with Crippen molar-refractivity contribution in [2.24, 2.45) is 0 Å². The topological polar surface area (TPSA) is 64.4 Å². The minimum Gasteiger partial charge on any atom is -0.487 e. The van der Waals surface area contributed by atoms with Crippen LogP contribution in [0.3, 0.4) is 0 Å². The Labute approximate surface area is 144 Å². The molecule has 1 atom stereocenters. The van der Waals surface area contributed by atoms with E-state index >= 15 is 0 Å². The Kier molecular flexibility index (Phi) is 4.13. The molecule has 1 aliphatic heterocycles. The second kappa shape index (κ2) is 5.98. The summed E-state index contributed by atoms with van der Waals surface area (Å²) in [6.07, 6.45) is 0.529. The Morgan fingerprint density at radius 1 is 1.38 bits per heavy atom. The number of nitrogens with two attached hydrogens (primary N) is 1. The molecular formula is C18H18ClFN2O2. The summed E-state index contributed by atoms with van der Waals surface area (Å²) in [5.41, 5.74) is 6.56. The number of halogens is 2. The molecule has 0 fully saturated rings. The third-order valence-electron chi connectivity index (χ3n) is 3.99. The fourth-order valence-corrected chi connectivity index (χ4v) is 3.20.